The summed E-state index contributed by atoms with van der Waals surface area (Å²) in [7, 11) is 1.60. The van der Waals surface area contributed by atoms with E-state index in [0.717, 1.165) is 11.3 Å². The number of carbonyl (C=O) groups excluding carboxylic acids is 1. The smallest absolute Gasteiger partial charge is 0.316 e. The maximum absolute atomic E-state index is 11.9. The van der Waals surface area contributed by atoms with Crippen LogP contribution in [0.5, 0.6) is 11.8 Å². The minimum Gasteiger partial charge on any atom is -0.497 e. The summed E-state index contributed by atoms with van der Waals surface area (Å²) in [4.78, 5) is 19.9. The van der Waals surface area contributed by atoms with Crippen molar-refractivity contribution in [3.05, 3.63) is 42.2 Å². The second-order valence-corrected chi connectivity index (χ2v) is 4.26. The Bertz CT molecular complexity index is 582. The fourth-order valence-corrected chi connectivity index (χ4v) is 1.72. The van der Waals surface area contributed by atoms with Crippen LogP contribution in [0.25, 0.3) is 0 Å². The van der Waals surface area contributed by atoms with E-state index < -0.39 is 0 Å². The predicted molar refractivity (Wildman–Crippen MR) is 78.5 cm³/mol. The van der Waals surface area contributed by atoms with E-state index in [4.69, 9.17) is 9.47 Å². The highest BCUT2D eigenvalue weighted by Crippen LogP contribution is 2.13. The van der Waals surface area contributed by atoms with E-state index in [0.29, 0.717) is 18.3 Å². The third kappa shape index (κ3) is 4.45. The predicted octanol–water partition coefficient (Wildman–Crippen LogP) is 2.07. The summed E-state index contributed by atoms with van der Waals surface area (Å²) in [5, 5.41) is 2.74. The largest absolute Gasteiger partial charge is 0.497 e. The van der Waals surface area contributed by atoms with Crippen LogP contribution in [-0.2, 0) is 11.2 Å². The molecular formula is C15H17N3O3. The summed E-state index contributed by atoms with van der Waals surface area (Å²) in [6.45, 7) is 2.36. The van der Waals surface area contributed by atoms with E-state index >= 15 is 0 Å². The molecule has 0 aliphatic carbocycles. The molecule has 0 bridgehead atoms. The zero-order valence-corrected chi connectivity index (χ0v) is 12.0. The Morgan fingerprint density at radius 1 is 1.19 bits per heavy atom. The number of amides is 1. The highest BCUT2D eigenvalue weighted by Gasteiger charge is 2.05. The van der Waals surface area contributed by atoms with Crippen molar-refractivity contribution in [2.75, 3.05) is 19.0 Å². The van der Waals surface area contributed by atoms with E-state index in [1.807, 2.05) is 31.2 Å². The Hall–Kier alpha value is -2.63. The van der Waals surface area contributed by atoms with Gasteiger partial charge in [0.25, 0.3) is 0 Å². The van der Waals surface area contributed by atoms with Gasteiger partial charge in [0.15, 0.2) is 0 Å². The molecule has 0 unspecified atom stereocenters. The molecule has 0 saturated heterocycles. The Labute approximate surface area is 123 Å². The minimum absolute atomic E-state index is 0.132. The van der Waals surface area contributed by atoms with Crippen LogP contribution in [0.15, 0.2) is 36.7 Å². The topological polar surface area (TPSA) is 73.3 Å². The van der Waals surface area contributed by atoms with Gasteiger partial charge in [-0.3, -0.25) is 4.79 Å². The van der Waals surface area contributed by atoms with Crippen LogP contribution in [0.4, 0.5) is 5.69 Å². The lowest BCUT2D eigenvalue weighted by molar-refractivity contribution is -0.115. The molecule has 110 valence electrons. The van der Waals surface area contributed by atoms with Crippen LogP contribution in [0.1, 0.15) is 12.5 Å². The van der Waals surface area contributed by atoms with Crippen molar-refractivity contribution >= 4 is 11.6 Å². The number of hydrogen-bond donors (Lipinski definition) is 1. The first-order valence-electron chi connectivity index (χ1n) is 6.59. The molecule has 1 N–H and O–H groups in total. The fraction of sp³-hybridized carbons (Fsp3) is 0.267. The SMILES string of the molecule is CCOc1ncc(NC(=O)Cc2ccc(OC)cc2)cn1. The van der Waals surface area contributed by atoms with Crippen LogP contribution >= 0.6 is 0 Å². The number of methoxy groups -OCH3 is 1. The van der Waals surface area contributed by atoms with Gasteiger partial charge in [0, 0.05) is 0 Å². The molecule has 2 aromatic rings. The first-order valence-corrected chi connectivity index (χ1v) is 6.59. The van der Waals surface area contributed by atoms with Gasteiger partial charge in [0.2, 0.25) is 5.91 Å². The molecule has 0 saturated carbocycles. The molecular weight excluding hydrogens is 270 g/mol. The number of anilines is 1. The number of benzene rings is 1. The highest BCUT2D eigenvalue weighted by molar-refractivity contribution is 5.91. The van der Waals surface area contributed by atoms with Gasteiger partial charge in [-0.15, -0.1) is 0 Å². The fourth-order valence-electron chi connectivity index (χ4n) is 1.72. The summed E-state index contributed by atoms with van der Waals surface area (Å²) in [5.41, 5.74) is 1.44. The Balaban J connectivity index is 1.91. The first-order chi connectivity index (χ1) is 10.2. The lowest BCUT2D eigenvalue weighted by Gasteiger charge is -2.06. The highest BCUT2D eigenvalue weighted by atomic mass is 16.5. The second-order valence-electron chi connectivity index (χ2n) is 4.26. The number of carbonyl (C=O) groups is 1. The molecule has 1 aromatic heterocycles. The quantitative estimate of drug-likeness (QED) is 0.880. The molecule has 2 rings (SSSR count). The van der Waals surface area contributed by atoms with Crippen molar-refractivity contribution in [3.8, 4) is 11.8 Å². The minimum atomic E-state index is -0.132. The zero-order chi connectivity index (χ0) is 15.1. The van der Waals surface area contributed by atoms with Gasteiger partial charge in [-0.2, -0.15) is 0 Å². The van der Waals surface area contributed by atoms with Crippen molar-refractivity contribution < 1.29 is 14.3 Å². The van der Waals surface area contributed by atoms with Crippen molar-refractivity contribution in [3.63, 3.8) is 0 Å². The number of aromatic nitrogens is 2. The summed E-state index contributed by atoms with van der Waals surface area (Å²) < 4.78 is 10.2. The van der Waals surface area contributed by atoms with Gasteiger partial charge in [0.05, 0.1) is 38.2 Å². The van der Waals surface area contributed by atoms with Gasteiger partial charge in [-0.1, -0.05) is 12.1 Å². The third-order valence-electron chi connectivity index (χ3n) is 2.71. The Morgan fingerprint density at radius 3 is 2.43 bits per heavy atom. The molecule has 1 aromatic carbocycles. The van der Waals surface area contributed by atoms with E-state index in [1.54, 1.807) is 7.11 Å². The van der Waals surface area contributed by atoms with E-state index in [1.165, 1.54) is 12.4 Å². The lowest BCUT2D eigenvalue weighted by Crippen LogP contribution is -2.14. The second kappa shape index (κ2) is 7.23. The van der Waals surface area contributed by atoms with Crippen molar-refractivity contribution in [1.82, 2.24) is 9.97 Å². The van der Waals surface area contributed by atoms with Crippen molar-refractivity contribution in [1.29, 1.82) is 0 Å². The zero-order valence-electron chi connectivity index (χ0n) is 12.0. The number of ether oxygens (including phenoxy) is 2. The van der Waals surface area contributed by atoms with Gasteiger partial charge in [-0.25, -0.2) is 9.97 Å². The Kier molecular flexibility index (Phi) is 5.09. The lowest BCUT2D eigenvalue weighted by atomic mass is 10.1. The number of rotatable bonds is 6. The van der Waals surface area contributed by atoms with E-state index in [2.05, 4.69) is 15.3 Å². The monoisotopic (exact) mass is 287 g/mol. The summed E-state index contributed by atoms with van der Waals surface area (Å²) in [6.07, 6.45) is 3.31. The molecule has 6 heteroatoms. The molecule has 0 fully saturated rings. The summed E-state index contributed by atoms with van der Waals surface area (Å²) in [6, 6.07) is 7.65. The Morgan fingerprint density at radius 2 is 1.86 bits per heavy atom. The molecule has 0 radical (unpaired) electrons. The van der Waals surface area contributed by atoms with Crippen LogP contribution in [-0.4, -0.2) is 29.6 Å². The molecule has 6 nitrogen and oxygen atoms in total. The average molecular weight is 287 g/mol. The van der Waals surface area contributed by atoms with Gasteiger partial charge in [-0.05, 0) is 24.6 Å². The maximum atomic E-state index is 11.9. The van der Waals surface area contributed by atoms with Gasteiger partial charge in [0.1, 0.15) is 5.75 Å². The average Bonchev–Trinajstić information content (AvgIpc) is 2.50. The molecule has 0 aliphatic heterocycles. The van der Waals surface area contributed by atoms with Gasteiger partial charge < -0.3 is 14.8 Å². The molecule has 21 heavy (non-hydrogen) atoms. The molecule has 0 atom stereocenters. The van der Waals surface area contributed by atoms with Crippen LogP contribution in [0, 0.1) is 0 Å². The normalized spacial score (nSPS) is 10.0. The first kappa shape index (κ1) is 14.8. The summed E-state index contributed by atoms with van der Waals surface area (Å²) >= 11 is 0. The molecule has 1 heterocycles. The van der Waals surface area contributed by atoms with Crippen LogP contribution in [0.3, 0.4) is 0 Å². The van der Waals surface area contributed by atoms with Crippen molar-refractivity contribution in [2.45, 2.75) is 13.3 Å². The number of hydrogen-bond acceptors (Lipinski definition) is 5. The number of nitrogens with zero attached hydrogens (tertiary/aromatic N) is 2. The van der Waals surface area contributed by atoms with Crippen LogP contribution < -0.4 is 14.8 Å². The molecule has 0 aliphatic rings. The van der Waals surface area contributed by atoms with E-state index in [-0.39, 0.29) is 12.3 Å². The van der Waals surface area contributed by atoms with Crippen molar-refractivity contribution in [2.24, 2.45) is 0 Å². The van der Waals surface area contributed by atoms with E-state index in [9.17, 15) is 4.79 Å². The molecule has 1 amide bonds. The molecule has 0 spiro atoms. The maximum Gasteiger partial charge on any atom is 0.316 e. The number of nitrogens with one attached hydrogen (secondary N) is 1. The summed E-state index contributed by atoms with van der Waals surface area (Å²) in [5.74, 6) is 0.631. The van der Waals surface area contributed by atoms with Crippen LogP contribution in [0.2, 0.25) is 0 Å². The third-order valence-corrected chi connectivity index (χ3v) is 2.71. The standard InChI is InChI=1S/C15H17N3O3/c1-3-21-15-16-9-12(10-17-15)18-14(19)8-11-4-6-13(20-2)7-5-11/h4-7,9-10H,3,8H2,1-2H3,(H,18,19). The van der Waals surface area contributed by atoms with Gasteiger partial charge >= 0.3 is 6.01 Å².